The van der Waals surface area contributed by atoms with Gasteiger partial charge in [-0.05, 0) is 30.3 Å². The first-order valence-electron chi connectivity index (χ1n) is 6.79. The van der Waals surface area contributed by atoms with E-state index in [0.717, 1.165) is 0 Å². The summed E-state index contributed by atoms with van der Waals surface area (Å²) in [5.41, 5.74) is 0.753. The molecule has 0 unspecified atom stereocenters. The Balaban J connectivity index is 1.97. The number of sulfonamides is 1. The van der Waals surface area contributed by atoms with Crippen molar-refractivity contribution in [2.45, 2.75) is 4.90 Å². The molecular formula is C16H13N3O3S. The van der Waals surface area contributed by atoms with E-state index < -0.39 is 10.0 Å². The summed E-state index contributed by atoms with van der Waals surface area (Å²) in [6.45, 7) is 0. The number of aromatic amines is 1. The number of rotatable bonds is 5. The molecule has 116 valence electrons. The van der Waals surface area contributed by atoms with Gasteiger partial charge in [-0.15, -0.1) is 0 Å². The second kappa shape index (κ2) is 6.05. The van der Waals surface area contributed by atoms with Gasteiger partial charge in [0.15, 0.2) is 0 Å². The fraction of sp³-hybridized carbons (Fsp3) is 0. The number of hydrogen-bond donors (Lipinski definition) is 2. The number of carbonyl (C=O) groups excluding carboxylic acids is 1. The molecule has 0 saturated heterocycles. The van der Waals surface area contributed by atoms with E-state index in [1.807, 2.05) is 0 Å². The van der Waals surface area contributed by atoms with Crippen molar-refractivity contribution >= 4 is 21.5 Å². The summed E-state index contributed by atoms with van der Waals surface area (Å²) in [4.78, 5) is 12.6. The summed E-state index contributed by atoms with van der Waals surface area (Å²) in [5, 5.41) is 6.32. The van der Waals surface area contributed by atoms with Gasteiger partial charge < -0.3 is 0 Å². The lowest BCUT2D eigenvalue weighted by Gasteiger charge is -2.11. The van der Waals surface area contributed by atoms with Crippen LogP contribution in [-0.2, 0) is 10.0 Å². The van der Waals surface area contributed by atoms with Gasteiger partial charge in [0.05, 0.1) is 10.6 Å². The Bertz CT molecular complexity index is 920. The third-order valence-corrected chi connectivity index (χ3v) is 4.60. The number of benzene rings is 2. The molecule has 6 nitrogen and oxygen atoms in total. The van der Waals surface area contributed by atoms with Crippen molar-refractivity contribution < 1.29 is 13.2 Å². The van der Waals surface area contributed by atoms with E-state index in [-0.39, 0.29) is 27.6 Å². The van der Waals surface area contributed by atoms with E-state index in [1.165, 1.54) is 24.4 Å². The Morgan fingerprint density at radius 3 is 2.35 bits per heavy atom. The standard InChI is InChI=1S/C16H13N3O3S/c20-16(15-10-11-17-18-15)13-8-4-5-9-14(13)19-23(21,22)12-6-2-1-3-7-12/h1-11,19H,(H,17,18). The molecule has 0 atom stereocenters. The second-order valence-corrected chi connectivity index (χ2v) is 6.45. The van der Waals surface area contributed by atoms with E-state index in [4.69, 9.17) is 0 Å². The molecule has 23 heavy (non-hydrogen) atoms. The molecule has 3 aromatic rings. The molecule has 1 aromatic heterocycles. The molecule has 2 N–H and O–H groups in total. The van der Waals surface area contributed by atoms with Crippen LogP contribution < -0.4 is 4.72 Å². The summed E-state index contributed by atoms with van der Waals surface area (Å²) >= 11 is 0. The topological polar surface area (TPSA) is 91.9 Å². The van der Waals surface area contributed by atoms with Crippen LogP contribution in [0.3, 0.4) is 0 Å². The highest BCUT2D eigenvalue weighted by molar-refractivity contribution is 7.92. The fourth-order valence-electron chi connectivity index (χ4n) is 2.10. The first-order valence-corrected chi connectivity index (χ1v) is 8.27. The van der Waals surface area contributed by atoms with Crippen LogP contribution in [0.2, 0.25) is 0 Å². The smallest absolute Gasteiger partial charge is 0.261 e. The minimum absolute atomic E-state index is 0.129. The van der Waals surface area contributed by atoms with E-state index in [2.05, 4.69) is 14.9 Å². The quantitative estimate of drug-likeness (QED) is 0.704. The Morgan fingerprint density at radius 2 is 1.65 bits per heavy atom. The van der Waals surface area contributed by atoms with Gasteiger partial charge in [-0.2, -0.15) is 5.10 Å². The monoisotopic (exact) mass is 327 g/mol. The SMILES string of the molecule is O=C(c1ccn[nH]1)c1ccccc1NS(=O)(=O)c1ccccc1. The fourth-order valence-corrected chi connectivity index (χ4v) is 3.20. The summed E-state index contributed by atoms with van der Waals surface area (Å²) in [7, 11) is -3.77. The van der Waals surface area contributed by atoms with Gasteiger partial charge in [-0.3, -0.25) is 14.6 Å². The molecule has 0 aliphatic rings. The van der Waals surface area contributed by atoms with E-state index >= 15 is 0 Å². The van der Waals surface area contributed by atoms with E-state index in [0.29, 0.717) is 0 Å². The lowest BCUT2D eigenvalue weighted by atomic mass is 10.1. The zero-order valence-electron chi connectivity index (χ0n) is 11.9. The zero-order chi connectivity index (χ0) is 16.3. The van der Waals surface area contributed by atoms with Gasteiger partial charge in [0, 0.05) is 11.8 Å². The maximum absolute atomic E-state index is 12.4. The van der Waals surface area contributed by atoms with Crippen molar-refractivity contribution in [2.24, 2.45) is 0 Å². The molecule has 0 aliphatic carbocycles. The molecule has 0 aliphatic heterocycles. The first-order chi connectivity index (χ1) is 11.1. The molecule has 0 fully saturated rings. The molecule has 0 radical (unpaired) electrons. The number of ketones is 1. The molecule has 0 amide bonds. The molecule has 0 spiro atoms. The van der Waals surface area contributed by atoms with Gasteiger partial charge in [0.1, 0.15) is 5.69 Å². The number of nitrogens with one attached hydrogen (secondary N) is 2. The number of nitrogens with zero attached hydrogens (tertiary/aromatic N) is 1. The van der Waals surface area contributed by atoms with E-state index in [9.17, 15) is 13.2 Å². The summed E-state index contributed by atoms with van der Waals surface area (Å²) in [5.74, 6) is -0.339. The normalized spacial score (nSPS) is 11.1. The number of aromatic nitrogens is 2. The van der Waals surface area contributed by atoms with Crippen LogP contribution in [0.1, 0.15) is 16.1 Å². The third kappa shape index (κ3) is 3.14. The lowest BCUT2D eigenvalue weighted by Crippen LogP contribution is -2.16. The number of para-hydroxylation sites is 1. The van der Waals surface area contributed by atoms with Crippen LogP contribution in [0.15, 0.2) is 71.8 Å². The van der Waals surface area contributed by atoms with Crippen LogP contribution in [0, 0.1) is 0 Å². The van der Waals surface area contributed by atoms with Crippen LogP contribution in [-0.4, -0.2) is 24.4 Å². The average Bonchev–Trinajstić information content (AvgIpc) is 3.10. The van der Waals surface area contributed by atoms with Gasteiger partial charge in [-0.25, -0.2) is 8.42 Å². The number of anilines is 1. The third-order valence-electron chi connectivity index (χ3n) is 3.21. The largest absolute Gasteiger partial charge is 0.287 e. The predicted octanol–water partition coefficient (Wildman–Crippen LogP) is 2.44. The molecule has 7 heteroatoms. The Labute approximate surface area is 133 Å². The summed E-state index contributed by atoms with van der Waals surface area (Å²) in [6.07, 6.45) is 1.46. The maximum Gasteiger partial charge on any atom is 0.261 e. The maximum atomic E-state index is 12.4. The van der Waals surface area contributed by atoms with Crippen molar-refractivity contribution in [3.8, 4) is 0 Å². The highest BCUT2D eigenvalue weighted by Crippen LogP contribution is 2.22. The average molecular weight is 327 g/mol. The predicted molar refractivity (Wildman–Crippen MR) is 85.7 cm³/mol. The number of hydrogen-bond acceptors (Lipinski definition) is 4. The van der Waals surface area contributed by atoms with Crippen molar-refractivity contribution in [1.29, 1.82) is 0 Å². The zero-order valence-corrected chi connectivity index (χ0v) is 12.7. The molecule has 0 saturated carbocycles. The van der Waals surface area contributed by atoms with Crippen LogP contribution in [0.4, 0.5) is 5.69 Å². The minimum Gasteiger partial charge on any atom is -0.287 e. The van der Waals surface area contributed by atoms with Crippen molar-refractivity contribution in [3.05, 3.63) is 78.1 Å². The van der Waals surface area contributed by atoms with Crippen LogP contribution >= 0.6 is 0 Å². The summed E-state index contributed by atoms with van der Waals surface area (Å²) < 4.78 is 27.3. The molecule has 2 aromatic carbocycles. The number of carbonyl (C=O) groups is 1. The Morgan fingerprint density at radius 1 is 0.957 bits per heavy atom. The van der Waals surface area contributed by atoms with Gasteiger partial charge in [-0.1, -0.05) is 30.3 Å². The molecule has 1 heterocycles. The van der Waals surface area contributed by atoms with Crippen molar-refractivity contribution in [1.82, 2.24) is 10.2 Å². The van der Waals surface area contributed by atoms with Crippen molar-refractivity contribution in [3.63, 3.8) is 0 Å². The molecule has 3 rings (SSSR count). The molecule has 0 bridgehead atoms. The lowest BCUT2D eigenvalue weighted by molar-refractivity contribution is 0.103. The van der Waals surface area contributed by atoms with Gasteiger partial charge in [0.2, 0.25) is 5.78 Å². The first kappa shape index (κ1) is 15.0. The van der Waals surface area contributed by atoms with Crippen LogP contribution in [0.25, 0.3) is 0 Å². The minimum atomic E-state index is -3.77. The Hall–Kier alpha value is -2.93. The summed E-state index contributed by atoms with van der Waals surface area (Å²) in [6, 6.07) is 15.9. The van der Waals surface area contributed by atoms with E-state index in [1.54, 1.807) is 42.5 Å². The van der Waals surface area contributed by atoms with Gasteiger partial charge in [0.25, 0.3) is 10.0 Å². The van der Waals surface area contributed by atoms with Crippen molar-refractivity contribution in [2.75, 3.05) is 4.72 Å². The molecular weight excluding hydrogens is 314 g/mol. The number of H-pyrrole nitrogens is 1. The Kier molecular flexibility index (Phi) is 3.94. The highest BCUT2D eigenvalue weighted by Gasteiger charge is 2.19. The second-order valence-electron chi connectivity index (χ2n) is 4.76. The van der Waals surface area contributed by atoms with Gasteiger partial charge >= 0.3 is 0 Å². The van der Waals surface area contributed by atoms with Crippen LogP contribution in [0.5, 0.6) is 0 Å². The highest BCUT2D eigenvalue weighted by atomic mass is 32.2.